The van der Waals surface area contributed by atoms with E-state index in [1.807, 2.05) is 0 Å². The predicted octanol–water partition coefficient (Wildman–Crippen LogP) is 1.79. The highest BCUT2D eigenvalue weighted by Gasteiger charge is 2.34. The highest BCUT2D eigenvalue weighted by Crippen LogP contribution is 2.28. The highest BCUT2D eigenvalue weighted by molar-refractivity contribution is 6.34. The monoisotopic (exact) mass is 390 g/mol. The second-order valence-corrected chi connectivity index (χ2v) is 6.22. The molecule has 0 unspecified atom stereocenters. The standard InChI is InChI=1S/C15H19ClN4O4.ClH/c16-10-4-3-5-11(20(23)24)13(10)14(22)18-8-12(21)19-15(9-17)6-1-2-7-15;/h3-5H,1-2,6-9,17H2,(H,18,22)(H,19,21);1H. The van der Waals surface area contributed by atoms with E-state index in [0.29, 0.717) is 6.54 Å². The van der Waals surface area contributed by atoms with Crippen molar-refractivity contribution in [1.82, 2.24) is 10.6 Å². The van der Waals surface area contributed by atoms with Crippen molar-refractivity contribution < 1.29 is 14.5 Å². The van der Waals surface area contributed by atoms with Crippen molar-refractivity contribution in [3.8, 4) is 0 Å². The smallest absolute Gasteiger partial charge is 0.283 e. The average Bonchev–Trinajstić information content (AvgIpc) is 3.01. The summed E-state index contributed by atoms with van der Waals surface area (Å²) in [7, 11) is 0. The van der Waals surface area contributed by atoms with E-state index in [0.717, 1.165) is 25.7 Å². The van der Waals surface area contributed by atoms with Crippen molar-refractivity contribution >= 4 is 41.5 Å². The second-order valence-electron chi connectivity index (χ2n) is 5.81. The summed E-state index contributed by atoms with van der Waals surface area (Å²) < 4.78 is 0. The molecule has 0 spiro atoms. The van der Waals surface area contributed by atoms with Crippen LogP contribution in [0.15, 0.2) is 18.2 Å². The van der Waals surface area contributed by atoms with Crippen LogP contribution in [-0.2, 0) is 4.79 Å². The highest BCUT2D eigenvalue weighted by atomic mass is 35.5. The molecular weight excluding hydrogens is 371 g/mol. The van der Waals surface area contributed by atoms with Crippen molar-refractivity contribution in [2.75, 3.05) is 13.1 Å². The Morgan fingerprint density at radius 1 is 1.32 bits per heavy atom. The molecule has 1 aliphatic carbocycles. The summed E-state index contributed by atoms with van der Waals surface area (Å²) in [5.41, 5.74) is 4.66. The number of nitrogens with two attached hydrogens (primary N) is 1. The first-order valence-corrected chi connectivity index (χ1v) is 7.98. The van der Waals surface area contributed by atoms with E-state index in [4.69, 9.17) is 17.3 Å². The maximum absolute atomic E-state index is 12.2. The summed E-state index contributed by atoms with van der Waals surface area (Å²) in [6.45, 7) is 0.0334. The van der Waals surface area contributed by atoms with E-state index < -0.39 is 22.1 Å². The Balaban J connectivity index is 0.00000312. The van der Waals surface area contributed by atoms with E-state index in [2.05, 4.69) is 10.6 Å². The molecule has 2 rings (SSSR count). The molecule has 25 heavy (non-hydrogen) atoms. The van der Waals surface area contributed by atoms with Crippen molar-refractivity contribution in [3.05, 3.63) is 38.9 Å². The van der Waals surface area contributed by atoms with E-state index in [1.54, 1.807) is 0 Å². The van der Waals surface area contributed by atoms with E-state index in [1.165, 1.54) is 18.2 Å². The van der Waals surface area contributed by atoms with Crippen molar-refractivity contribution in [3.63, 3.8) is 0 Å². The fourth-order valence-corrected chi connectivity index (χ4v) is 3.17. The lowest BCUT2D eigenvalue weighted by molar-refractivity contribution is -0.385. The third-order valence-corrected chi connectivity index (χ3v) is 4.50. The fourth-order valence-electron chi connectivity index (χ4n) is 2.91. The van der Waals surface area contributed by atoms with Gasteiger partial charge < -0.3 is 16.4 Å². The summed E-state index contributed by atoms with van der Waals surface area (Å²) in [6.07, 6.45) is 3.60. The Kier molecular flexibility index (Phi) is 7.60. The predicted molar refractivity (Wildman–Crippen MR) is 96.1 cm³/mol. The Hall–Kier alpha value is -1.90. The van der Waals surface area contributed by atoms with Crippen LogP contribution in [0.25, 0.3) is 0 Å². The largest absolute Gasteiger partial charge is 0.348 e. The molecule has 138 valence electrons. The first-order chi connectivity index (χ1) is 11.4. The molecule has 2 amide bonds. The number of nitrogens with zero attached hydrogens (tertiary/aromatic N) is 1. The molecule has 1 aromatic carbocycles. The van der Waals surface area contributed by atoms with Gasteiger partial charge >= 0.3 is 0 Å². The molecule has 0 atom stereocenters. The minimum absolute atomic E-state index is 0. The minimum Gasteiger partial charge on any atom is -0.348 e. The number of nitro groups is 1. The van der Waals surface area contributed by atoms with Crippen LogP contribution in [0.1, 0.15) is 36.0 Å². The third kappa shape index (κ3) is 5.04. The fraction of sp³-hybridized carbons (Fsp3) is 0.467. The van der Waals surface area contributed by atoms with Crippen LogP contribution in [-0.4, -0.2) is 35.4 Å². The van der Waals surface area contributed by atoms with E-state index in [-0.39, 0.29) is 35.4 Å². The summed E-state index contributed by atoms with van der Waals surface area (Å²) in [5, 5.41) is 16.2. The second kappa shape index (κ2) is 8.98. The van der Waals surface area contributed by atoms with Gasteiger partial charge in [-0.3, -0.25) is 19.7 Å². The molecule has 0 aliphatic heterocycles. The molecule has 4 N–H and O–H groups in total. The average molecular weight is 391 g/mol. The number of halogens is 2. The van der Waals surface area contributed by atoms with Gasteiger partial charge in [-0.25, -0.2) is 0 Å². The van der Waals surface area contributed by atoms with Gasteiger partial charge in [0.1, 0.15) is 5.56 Å². The zero-order valence-electron chi connectivity index (χ0n) is 13.4. The van der Waals surface area contributed by atoms with Crippen LogP contribution in [0.4, 0.5) is 5.69 Å². The Bertz CT molecular complexity index is 663. The minimum atomic E-state index is -0.768. The Morgan fingerprint density at radius 3 is 2.52 bits per heavy atom. The van der Waals surface area contributed by atoms with Gasteiger partial charge in [0.15, 0.2) is 0 Å². The van der Waals surface area contributed by atoms with Gasteiger partial charge in [0.2, 0.25) is 5.91 Å². The van der Waals surface area contributed by atoms with Gasteiger partial charge in [0.25, 0.3) is 11.6 Å². The first-order valence-electron chi connectivity index (χ1n) is 7.61. The van der Waals surface area contributed by atoms with Gasteiger partial charge in [0, 0.05) is 12.6 Å². The van der Waals surface area contributed by atoms with Crippen molar-refractivity contribution in [1.29, 1.82) is 0 Å². The Labute approximate surface area is 156 Å². The van der Waals surface area contributed by atoms with Gasteiger partial charge in [0.05, 0.1) is 22.0 Å². The number of carbonyl (C=O) groups is 2. The summed E-state index contributed by atoms with van der Waals surface area (Å²) >= 11 is 5.88. The number of hydrogen-bond donors (Lipinski definition) is 3. The van der Waals surface area contributed by atoms with Gasteiger partial charge in [-0.1, -0.05) is 30.5 Å². The lowest BCUT2D eigenvalue weighted by Gasteiger charge is -2.28. The number of carbonyl (C=O) groups excluding carboxylic acids is 2. The zero-order chi connectivity index (χ0) is 17.7. The van der Waals surface area contributed by atoms with Crippen LogP contribution in [0, 0.1) is 10.1 Å². The molecule has 1 aliphatic rings. The molecule has 8 nitrogen and oxygen atoms in total. The maximum atomic E-state index is 12.2. The van der Waals surface area contributed by atoms with Gasteiger partial charge in [-0.15, -0.1) is 12.4 Å². The van der Waals surface area contributed by atoms with Crippen LogP contribution in [0.2, 0.25) is 5.02 Å². The van der Waals surface area contributed by atoms with Gasteiger partial charge in [-0.2, -0.15) is 0 Å². The van der Waals surface area contributed by atoms with Crippen LogP contribution in [0.5, 0.6) is 0 Å². The number of nitrogens with one attached hydrogen (secondary N) is 2. The molecule has 1 saturated carbocycles. The maximum Gasteiger partial charge on any atom is 0.283 e. The quantitative estimate of drug-likeness (QED) is 0.503. The van der Waals surface area contributed by atoms with Crippen LogP contribution in [0.3, 0.4) is 0 Å². The molecule has 1 aromatic rings. The van der Waals surface area contributed by atoms with Gasteiger partial charge in [-0.05, 0) is 18.9 Å². The molecule has 0 bridgehead atoms. The number of amides is 2. The normalized spacial score (nSPS) is 15.1. The summed E-state index contributed by atoms with van der Waals surface area (Å²) in [6, 6.07) is 3.95. The van der Waals surface area contributed by atoms with Crippen LogP contribution < -0.4 is 16.4 Å². The summed E-state index contributed by atoms with van der Waals surface area (Å²) in [4.78, 5) is 34.5. The molecule has 10 heteroatoms. The third-order valence-electron chi connectivity index (χ3n) is 4.18. The lowest BCUT2D eigenvalue weighted by atomic mass is 9.98. The topological polar surface area (TPSA) is 127 Å². The molecule has 0 heterocycles. The molecule has 0 radical (unpaired) electrons. The number of hydrogen-bond acceptors (Lipinski definition) is 5. The zero-order valence-corrected chi connectivity index (χ0v) is 15.0. The number of nitro benzene ring substituents is 1. The molecule has 0 aromatic heterocycles. The molecule has 0 saturated heterocycles. The number of benzene rings is 1. The van der Waals surface area contributed by atoms with Crippen molar-refractivity contribution in [2.45, 2.75) is 31.2 Å². The van der Waals surface area contributed by atoms with E-state index in [9.17, 15) is 19.7 Å². The Morgan fingerprint density at radius 2 is 1.96 bits per heavy atom. The first kappa shape index (κ1) is 21.1. The van der Waals surface area contributed by atoms with Crippen molar-refractivity contribution in [2.24, 2.45) is 5.73 Å². The molecule has 1 fully saturated rings. The number of rotatable bonds is 6. The molecular formula is C15H20Cl2N4O4. The van der Waals surface area contributed by atoms with Crippen LogP contribution >= 0.6 is 24.0 Å². The lowest BCUT2D eigenvalue weighted by Crippen LogP contribution is -2.54. The SMILES string of the molecule is Cl.NCC1(NC(=O)CNC(=O)c2c(Cl)cccc2[N+](=O)[O-])CCCC1. The summed E-state index contributed by atoms with van der Waals surface area (Å²) in [5.74, 6) is -1.15. The van der Waals surface area contributed by atoms with E-state index >= 15 is 0 Å².